The Morgan fingerprint density at radius 3 is 3.15 bits per heavy atom. The number of anilines is 1. The Labute approximate surface area is 127 Å². The average molecular weight is 322 g/mol. The quantitative estimate of drug-likeness (QED) is 0.588. The van der Waals surface area contributed by atoms with Gasteiger partial charge in [0.25, 0.3) is 5.91 Å². The number of fused-ring (bicyclic) bond motifs is 1. The lowest BCUT2D eigenvalue weighted by molar-refractivity contribution is 0.102. The largest absolute Gasteiger partial charge is 0.296 e. The number of thiazole rings is 1. The lowest BCUT2D eigenvalue weighted by Gasteiger charge is -2.00. The zero-order valence-corrected chi connectivity index (χ0v) is 12.9. The molecule has 0 aliphatic heterocycles. The number of thioether (sulfide) groups is 1. The average Bonchev–Trinajstić information content (AvgIpc) is 3.07. The summed E-state index contributed by atoms with van der Waals surface area (Å²) in [4.78, 5) is 16.3. The summed E-state index contributed by atoms with van der Waals surface area (Å²) in [5, 5.41) is 11.3. The fraction of sp³-hybridized carbons (Fsp3) is 0.167. The Kier molecular flexibility index (Phi) is 3.95. The summed E-state index contributed by atoms with van der Waals surface area (Å²) in [5.41, 5.74) is 3.27. The lowest BCUT2D eigenvalue weighted by Crippen LogP contribution is -2.11. The summed E-state index contributed by atoms with van der Waals surface area (Å²) in [5.74, 6) is 0.759. The van der Waals surface area contributed by atoms with Gasteiger partial charge in [0.1, 0.15) is 0 Å². The third kappa shape index (κ3) is 2.82. The van der Waals surface area contributed by atoms with Gasteiger partial charge in [-0.2, -0.15) is 0 Å². The van der Waals surface area contributed by atoms with Crippen LogP contribution in [-0.4, -0.2) is 26.8 Å². The van der Waals surface area contributed by atoms with E-state index in [2.05, 4.69) is 27.4 Å². The molecule has 0 saturated carbocycles. The molecule has 2 aromatic heterocycles. The molecule has 0 aliphatic carbocycles. The van der Waals surface area contributed by atoms with Crippen LogP contribution in [0.2, 0.25) is 0 Å². The first kappa shape index (κ1) is 13.5. The molecule has 3 aromatic rings. The maximum Gasteiger partial charge on any atom is 0.257 e. The second-order valence-corrected chi connectivity index (χ2v) is 7.17. The van der Waals surface area contributed by atoms with Gasteiger partial charge < -0.3 is 0 Å². The van der Waals surface area contributed by atoms with E-state index in [1.807, 2.05) is 12.1 Å². The van der Waals surface area contributed by atoms with Gasteiger partial charge in [0.2, 0.25) is 5.13 Å². The lowest BCUT2D eigenvalue weighted by atomic mass is 10.2. The highest BCUT2D eigenvalue weighted by Gasteiger charge is 2.11. The number of benzene rings is 1. The third-order valence-corrected chi connectivity index (χ3v) is 5.13. The van der Waals surface area contributed by atoms with Crippen LogP contribution in [0.1, 0.15) is 17.3 Å². The molecular formula is C12H10N4OS3. The summed E-state index contributed by atoms with van der Waals surface area (Å²) in [6, 6.07) is 5.45. The van der Waals surface area contributed by atoms with Gasteiger partial charge >= 0.3 is 0 Å². The molecule has 102 valence electrons. The fourth-order valence-electron chi connectivity index (χ4n) is 1.61. The number of aromatic nitrogens is 3. The number of hydrogen-bond donors (Lipinski definition) is 1. The van der Waals surface area contributed by atoms with Crippen molar-refractivity contribution in [3.05, 3.63) is 29.3 Å². The van der Waals surface area contributed by atoms with Gasteiger partial charge in [0.05, 0.1) is 15.7 Å². The molecule has 0 atom stereocenters. The molecule has 0 aliphatic rings. The third-order valence-electron chi connectivity index (χ3n) is 2.49. The fourth-order valence-corrected chi connectivity index (χ4v) is 3.97. The Morgan fingerprint density at radius 2 is 2.30 bits per heavy atom. The monoisotopic (exact) mass is 322 g/mol. The molecule has 0 unspecified atom stereocenters. The Hall–Kier alpha value is -1.51. The maximum absolute atomic E-state index is 12.2. The molecule has 8 heteroatoms. The predicted octanol–water partition coefficient (Wildman–Crippen LogP) is 3.51. The number of nitrogens with one attached hydrogen (secondary N) is 1. The summed E-state index contributed by atoms with van der Waals surface area (Å²) in [7, 11) is 0. The van der Waals surface area contributed by atoms with Crippen LogP contribution in [0.15, 0.2) is 28.0 Å². The molecule has 2 heterocycles. The highest BCUT2D eigenvalue weighted by Crippen LogP contribution is 2.26. The first-order valence-corrected chi connectivity index (χ1v) is 8.55. The summed E-state index contributed by atoms with van der Waals surface area (Å²) < 4.78 is 1.86. The van der Waals surface area contributed by atoms with Gasteiger partial charge in [-0.05, 0) is 24.0 Å². The van der Waals surface area contributed by atoms with Crippen molar-refractivity contribution in [1.82, 2.24) is 15.2 Å². The maximum atomic E-state index is 12.2. The topological polar surface area (TPSA) is 67.8 Å². The van der Waals surface area contributed by atoms with Gasteiger partial charge in [-0.3, -0.25) is 10.1 Å². The van der Waals surface area contributed by atoms with E-state index in [0.29, 0.717) is 10.7 Å². The number of carbonyl (C=O) groups excluding carboxylic acids is 1. The van der Waals surface area contributed by atoms with E-state index in [4.69, 9.17) is 0 Å². The number of amides is 1. The van der Waals surface area contributed by atoms with Crippen LogP contribution in [-0.2, 0) is 0 Å². The highest BCUT2D eigenvalue weighted by atomic mass is 32.2. The minimum atomic E-state index is -0.176. The second-order valence-electron chi connectivity index (χ2n) is 3.80. The van der Waals surface area contributed by atoms with Crippen LogP contribution in [0.25, 0.3) is 10.2 Å². The molecule has 5 nitrogen and oxygen atoms in total. The van der Waals surface area contributed by atoms with Crippen molar-refractivity contribution in [2.75, 3.05) is 11.1 Å². The summed E-state index contributed by atoms with van der Waals surface area (Å²) in [6.45, 7) is 2.05. The van der Waals surface area contributed by atoms with E-state index in [9.17, 15) is 4.79 Å². The summed E-state index contributed by atoms with van der Waals surface area (Å²) >= 11 is 4.51. The Bertz CT molecular complexity index is 752. The molecule has 0 radical (unpaired) electrons. The number of hydrogen-bond acceptors (Lipinski definition) is 7. The van der Waals surface area contributed by atoms with Crippen molar-refractivity contribution in [1.29, 1.82) is 0 Å². The zero-order chi connectivity index (χ0) is 13.9. The Balaban J connectivity index is 1.77. The van der Waals surface area contributed by atoms with Crippen molar-refractivity contribution >= 4 is 55.7 Å². The molecular weight excluding hydrogens is 312 g/mol. The van der Waals surface area contributed by atoms with Gasteiger partial charge in [-0.1, -0.05) is 30.0 Å². The van der Waals surface area contributed by atoms with Crippen LogP contribution < -0.4 is 5.32 Å². The molecule has 0 saturated heterocycles. The highest BCUT2D eigenvalue weighted by molar-refractivity contribution is 8.01. The molecule has 20 heavy (non-hydrogen) atoms. The van der Waals surface area contributed by atoms with E-state index in [-0.39, 0.29) is 5.91 Å². The van der Waals surface area contributed by atoms with Crippen LogP contribution in [0.4, 0.5) is 5.13 Å². The van der Waals surface area contributed by atoms with Gasteiger partial charge in [0.15, 0.2) is 4.34 Å². The molecule has 3 rings (SSSR count). The zero-order valence-electron chi connectivity index (χ0n) is 10.5. The van der Waals surface area contributed by atoms with Crippen LogP contribution in [0.3, 0.4) is 0 Å². The standard InChI is InChI=1S/C12H10N4OS3/c1-2-18-12-16-15-11(20-12)14-10(17)7-3-4-8-9(5-7)19-6-13-8/h3-6H,2H2,1H3,(H,14,15,17). The first-order chi connectivity index (χ1) is 9.76. The van der Waals surface area contributed by atoms with E-state index in [1.54, 1.807) is 23.3 Å². The van der Waals surface area contributed by atoms with E-state index >= 15 is 0 Å². The SMILES string of the molecule is CCSc1nnc(NC(=O)c2ccc3ncsc3c2)s1. The van der Waals surface area contributed by atoms with Crippen molar-refractivity contribution in [2.45, 2.75) is 11.3 Å². The van der Waals surface area contributed by atoms with Crippen LogP contribution >= 0.6 is 34.4 Å². The normalized spacial score (nSPS) is 10.8. The summed E-state index contributed by atoms with van der Waals surface area (Å²) in [6.07, 6.45) is 0. The van der Waals surface area contributed by atoms with Crippen molar-refractivity contribution in [3.63, 3.8) is 0 Å². The van der Waals surface area contributed by atoms with Crippen molar-refractivity contribution in [3.8, 4) is 0 Å². The minimum absolute atomic E-state index is 0.176. The van der Waals surface area contributed by atoms with Crippen LogP contribution in [0.5, 0.6) is 0 Å². The number of nitrogens with zero attached hydrogens (tertiary/aromatic N) is 3. The van der Waals surface area contributed by atoms with Crippen molar-refractivity contribution < 1.29 is 4.79 Å². The van der Waals surface area contributed by atoms with Gasteiger partial charge in [0, 0.05) is 5.56 Å². The number of rotatable bonds is 4. The first-order valence-electron chi connectivity index (χ1n) is 5.87. The molecule has 0 spiro atoms. The second kappa shape index (κ2) is 5.86. The van der Waals surface area contributed by atoms with E-state index < -0.39 is 0 Å². The smallest absolute Gasteiger partial charge is 0.257 e. The van der Waals surface area contributed by atoms with E-state index in [1.165, 1.54) is 22.7 Å². The van der Waals surface area contributed by atoms with Crippen LogP contribution in [0, 0.1) is 0 Å². The molecule has 1 N–H and O–H groups in total. The predicted molar refractivity (Wildman–Crippen MR) is 83.9 cm³/mol. The molecule has 1 aromatic carbocycles. The molecule has 0 fully saturated rings. The van der Waals surface area contributed by atoms with Crippen molar-refractivity contribution in [2.24, 2.45) is 0 Å². The number of carbonyl (C=O) groups is 1. The van der Waals surface area contributed by atoms with E-state index in [0.717, 1.165) is 20.3 Å². The van der Waals surface area contributed by atoms with Gasteiger partial charge in [-0.15, -0.1) is 21.5 Å². The van der Waals surface area contributed by atoms with Gasteiger partial charge in [-0.25, -0.2) is 4.98 Å². The minimum Gasteiger partial charge on any atom is -0.296 e. The Morgan fingerprint density at radius 1 is 1.40 bits per heavy atom. The molecule has 1 amide bonds. The molecule has 0 bridgehead atoms.